The first-order valence-electron chi connectivity index (χ1n) is 10.3. The third-order valence-corrected chi connectivity index (χ3v) is 6.65. The van der Waals surface area contributed by atoms with Crippen molar-refractivity contribution in [2.24, 2.45) is 5.41 Å². The van der Waals surface area contributed by atoms with E-state index in [1.165, 1.54) is 6.07 Å². The van der Waals surface area contributed by atoms with Crippen LogP contribution >= 0.6 is 12.4 Å². The van der Waals surface area contributed by atoms with Crippen LogP contribution in [0.5, 0.6) is 0 Å². The lowest BCUT2D eigenvalue weighted by Gasteiger charge is -2.36. The van der Waals surface area contributed by atoms with Gasteiger partial charge >= 0.3 is 6.18 Å². The SMILES string of the molecule is Cl.O=C1C[C@]2(CC[C@@H](c3nc4cc(C(F)(F)F)ccc4[nH]3)CC2)CN1c1ccccc1. The van der Waals surface area contributed by atoms with E-state index < -0.39 is 11.7 Å². The Morgan fingerprint density at radius 1 is 1.06 bits per heavy atom. The number of anilines is 1. The number of H-pyrrole nitrogens is 1. The fourth-order valence-corrected chi connectivity index (χ4v) is 4.97. The fourth-order valence-electron chi connectivity index (χ4n) is 4.97. The Hall–Kier alpha value is -2.54. The maximum atomic E-state index is 13.0. The Morgan fingerprint density at radius 3 is 2.45 bits per heavy atom. The number of imidazole rings is 1. The van der Waals surface area contributed by atoms with Gasteiger partial charge in [-0.1, -0.05) is 18.2 Å². The zero-order valence-electron chi connectivity index (χ0n) is 16.8. The zero-order valence-corrected chi connectivity index (χ0v) is 17.6. The molecule has 0 unspecified atom stereocenters. The predicted octanol–water partition coefficient (Wildman–Crippen LogP) is 6.08. The maximum Gasteiger partial charge on any atom is 0.416 e. The minimum atomic E-state index is -4.37. The lowest BCUT2D eigenvalue weighted by molar-refractivity contribution is -0.137. The molecule has 2 aromatic carbocycles. The number of amides is 1. The van der Waals surface area contributed by atoms with Gasteiger partial charge in [-0.25, -0.2) is 4.98 Å². The van der Waals surface area contributed by atoms with Gasteiger partial charge < -0.3 is 9.88 Å². The number of nitrogens with one attached hydrogen (secondary N) is 1. The Balaban J connectivity index is 0.00000231. The maximum absolute atomic E-state index is 13.0. The highest BCUT2D eigenvalue weighted by Crippen LogP contribution is 2.49. The summed E-state index contributed by atoms with van der Waals surface area (Å²) < 4.78 is 38.9. The van der Waals surface area contributed by atoms with Gasteiger partial charge in [0.1, 0.15) is 5.82 Å². The van der Waals surface area contributed by atoms with Gasteiger partial charge in [-0.3, -0.25) is 4.79 Å². The highest BCUT2D eigenvalue weighted by atomic mass is 35.5. The first-order valence-corrected chi connectivity index (χ1v) is 10.3. The number of para-hydroxylation sites is 1. The van der Waals surface area contributed by atoms with Crippen LogP contribution in [-0.4, -0.2) is 22.4 Å². The molecule has 2 aliphatic rings. The standard InChI is InChI=1S/C23H22F3N3O.ClH/c24-23(25,26)16-6-7-18-19(12-16)28-21(27-18)15-8-10-22(11-9-15)13-20(30)29(14-22)17-4-2-1-3-5-17;/h1-7,12,15H,8-11,13-14H2,(H,27,28);1H/t15-,22-;. The molecule has 8 heteroatoms. The van der Waals surface area contributed by atoms with E-state index in [2.05, 4.69) is 9.97 Å². The number of aromatic amines is 1. The van der Waals surface area contributed by atoms with Crippen LogP contribution < -0.4 is 4.90 Å². The van der Waals surface area contributed by atoms with Crippen molar-refractivity contribution in [1.29, 1.82) is 0 Å². The number of hydrogen-bond acceptors (Lipinski definition) is 2. The second-order valence-corrected chi connectivity index (χ2v) is 8.62. The lowest BCUT2D eigenvalue weighted by atomic mass is 9.69. The summed E-state index contributed by atoms with van der Waals surface area (Å²) in [4.78, 5) is 22.2. The molecular formula is C23H23ClF3N3O. The summed E-state index contributed by atoms with van der Waals surface area (Å²) >= 11 is 0. The molecule has 1 N–H and O–H groups in total. The number of hydrogen-bond donors (Lipinski definition) is 1. The number of rotatable bonds is 2. The Kier molecular flexibility index (Phi) is 5.50. The van der Waals surface area contributed by atoms with Gasteiger partial charge in [0.2, 0.25) is 5.91 Å². The van der Waals surface area contributed by atoms with Crippen LogP contribution in [0.4, 0.5) is 18.9 Å². The number of carbonyl (C=O) groups excluding carboxylic acids is 1. The summed E-state index contributed by atoms with van der Waals surface area (Å²) in [5.74, 6) is 1.10. The van der Waals surface area contributed by atoms with E-state index >= 15 is 0 Å². The molecule has 5 rings (SSSR count). The smallest absolute Gasteiger partial charge is 0.342 e. The summed E-state index contributed by atoms with van der Waals surface area (Å²) in [5.41, 5.74) is 1.23. The van der Waals surface area contributed by atoms with Gasteiger partial charge in [0, 0.05) is 24.6 Å². The van der Waals surface area contributed by atoms with Gasteiger partial charge in [0.25, 0.3) is 0 Å². The van der Waals surface area contributed by atoms with E-state index in [4.69, 9.17) is 0 Å². The number of benzene rings is 2. The largest absolute Gasteiger partial charge is 0.416 e. The number of aromatic nitrogens is 2. The summed E-state index contributed by atoms with van der Waals surface area (Å²) in [6.45, 7) is 0.734. The highest BCUT2D eigenvalue weighted by Gasteiger charge is 2.46. The van der Waals surface area contributed by atoms with Crippen LogP contribution in [0.15, 0.2) is 48.5 Å². The molecule has 0 radical (unpaired) electrons. The monoisotopic (exact) mass is 449 g/mol. The van der Waals surface area contributed by atoms with E-state index in [-0.39, 0.29) is 29.6 Å². The number of nitrogens with zero attached hydrogens (tertiary/aromatic N) is 2. The summed E-state index contributed by atoms with van der Waals surface area (Å²) in [5, 5.41) is 0. The fraction of sp³-hybridized carbons (Fsp3) is 0.391. The molecule has 2 heterocycles. The number of alkyl halides is 3. The number of carbonyl (C=O) groups is 1. The van der Waals surface area contributed by atoms with Gasteiger partial charge in [0.15, 0.2) is 0 Å². The van der Waals surface area contributed by atoms with E-state index in [0.717, 1.165) is 55.9 Å². The molecule has 164 valence electrons. The lowest BCUT2D eigenvalue weighted by Crippen LogP contribution is -2.31. The average Bonchev–Trinajstić information content (AvgIpc) is 3.29. The van der Waals surface area contributed by atoms with Crippen molar-refractivity contribution in [3.8, 4) is 0 Å². The van der Waals surface area contributed by atoms with Crippen molar-refractivity contribution >= 4 is 35.0 Å². The van der Waals surface area contributed by atoms with Gasteiger partial charge in [-0.05, 0) is 61.4 Å². The van der Waals surface area contributed by atoms with Crippen molar-refractivity contribution in [2.45, 2.75) is 44.2 Å². The van der Waals surface area contributed by atoms with Crippen LogP contribution in [0.3, 0.4) is 0 Å². The molecule has 2 fully saturated rings. The molecule has 31 heavy (non-hydrogen) atoms. The first-order chi connectivity index (χ1) is 14.3. The van der Waals surface area contributed by atoms with Crippen LogP contribution in [0.2, 0.25) is 0 Å². The minimum Gasteiger partial charge on any atom is -0.342 e. The first kappa shape index (κ1) is 21.7. The number of halogens is 4. The molecule has 1 aliphatic carbocycles. The molecule has 4 nitrogen and oxygen atoms in total. The molecule has 1 aromatic heterocycles. The topological polar surface area (TPSA) is 49.0 Å². The molecule has 1 spiro atoms. The molecule has 0 bridgehead atoms. The molecule has 1 saturated carbocycles. The van der Waals surface area contributed by atoms with Crippen molar-refractivity contribution in [3.63, 3.8) is 0 Å². The Bertz CT molecular complexity index is 1090. The van der Waals surface area contributed by atoms with Gasteiger partial charge in [-0.15, -0.1) is 12.4 Å². The third-order valence-electron chi connectivity index (χ3n) is 6.65. The van der Waals surface area contributed by atoms with Crippen LogP contribution in [-0.2, 0) is 11.0 Å². The van der Waals surface area contributed by atoms with E-state index in [1.54, 1.807) is 0 Å². The zero-order chi connectivity index (χ0) is 20.9. The Morgan fingerprint density at radius 2 is 1.77 bits per heavy atom. The normalized spacial score (nSPS) is 24.0. The second-order valence-electron chi connectivity index (χ2n) is 8.62. The molecule has 0 atom stereocenters. The third kappa shape index (κ3) is 4.03. The van der Waals surface area contributed by atoms with Crippen molar-refractivity contribution in [1.82, 2.24) is 9.97 Å². The summed E-state index contributed by atoms with van der Waals surface area (Å²) in [6.07, 6.45) is -0.229. The van der Waals surface area contributed by atoms with Crippen molar-refractivity contribution in [2.75, 3.05) is 11.4 Å². The molecule has 1 amide bonds. The predicted molar refractivity (Wildman–Crippen MR) is 115 cm³/mol. The quantitative estimate of drug-likeness (QED) is 0.515. The van der Waals surface area contributed by atoms with E-state index in [1.807, 2.05) is 35.2 Å². The molecule has 1 aliphatic heterocycles. The average molecular weight is 450 g/mol. The summed E-state index contributed by atoms with van der Waals surface area (Å²) in [6, 6.07) is 13.4. The molecule has 1 saturated heterocycles. The van der Waals surface area contributed by atoms with Gasteiger partial charge in [0.05, 0.1) is 16.6 Å². The molecular weight excluding hydrogens is 427 g/mol. The second kappa shape index (κ2) is 7.86. The van der Waals surface area contributed by atoms with E-state index in [0.29, 0.717) is 17.5 Å². The van der Waals surface area contributed by atoms with Crippen molar-refractivity contribution in [3.05, 3.63) is 59.9 Å². The highest BCUT2D eigenvalue weighted by molar-refractivity contribution is 5.96. The Labute approximate surface area is 184 Å². The summed E-state index contributed by atoms with van der Waals surface area (Å²) in [7, 11) is 0. The van der Waals surface area contributed by atoms with Gasteiger partial charge in [-0.2, -0.15) is 13.2 Å². The number of fused-ring (bicyclic) bond motifs is 1. The van der Waals surface area contributed by atoms with Crippen LogP contribution in [0, 0.1) is 5.41 Å². The molecule has 3 aromatic rings. The van der Waals surface area contributed by atoms with E-state index in [9.17, 15) is 18.0 Å². The van der Waals surface area contributed by atoms with Crippen LogP contribution in [0.25, 0.3) is 11.0 Å². The van der Waals surface area contributed by atoms with Crippen molar-refractivity contribution < 1.29 is 18.0 Å². The minimum absolute atomic E-state index is 0. The van der Waals surface area contributed by atoms with Crippen LogP contribution in [0.1, 0.15) is 49.4 Å².